The molecule has 1 aromatic carbocycles. The van der Waals surface area contributed by atoms with Crippen molar-refractivity contribution in [3.63, 3.8) is 0 Å². The first-order chi connectivity index (χ1) is 12.4. The second kappa shape index (κ2) is 9.22. The fraction of sp³-hybridized carbons (Fsp3) is 0.619. The third-order valence-corrected chi connectivity index (χ3v) is 4.80. The van der Waals surface area contributed by atoms with Gasteiger partial charge in [-0.05, 0) is 47.4 Å². The molecule has 0 aromatic heterocycles. The van der Waals surface area contributed by atoms with Gasteiger partial charge in [0.05, 0.1) is 6.54 Å². The number of aryl methyl sites for hydroxylation is 1. The number of carbonyl (C=O) groups is 1. The Balaban J connectivity index is 0.000000387. The van der Waals surface area contributed by atoms with Crippen LogP contribution in [0.3, 0.4) is 0 Å². The molecule has 0 saturated carbocycles. The van der Waals surface area contributed by atoms with Crippen LogP contribution in [0.5, 0.6) is 5.75 Å². The summed E-state index contributed by atoms with van der Waals surface area (Å²) in [4.78, 5) is 14.5. The Kier molecular flexibility index (Phi) is 7.84. The lowest BCUT2D eigenvalue weighted by molar-refractivity contribution is -0.139. The Morgan fingerprint density at radius 3 is 2.30 bits per heavy atom. The first-order valence-electron chi connectivity index (χ1n) is 9.44. The predicted octanol–water partition coefficient (Wildman–Crippen LogP) is 2.91. The predicted molar refractivity (Wildman–Crippen MR) is 111 cm³/mol. The van der Waals surface area contributed by atoms with Crippen molar-refractivity contribution in [2.45, 2.75) is 66.3 Å². The summed E-state index contributed by atoms with van der Waals surface area (Å²) in [6, 6.07) is 1.41. The zero-order chi connectivity index (χ0) is 20.9. The normalized spacial score (nSPS) is 14.9. The molecule has 6 heteroatoms. The Hall–Kier alpha value is -2.08. The van der Waals surface area contributed by atoms with Crippen LogP contribution >= 0.6 is 0 Å². The molecule has 0 spiro atoms. The average Bonchev–Trinajstić information content (AvgIpc) is 3.06. The molecule has 0 bridgehead atoms. The molecule has 1 aromatic rings. The van der Waals surface area contributed by atoms with Gasteiger partial charge in [-0.1, -0.05) is 40.7 Å². The van der Waals surface area contributed by atoms with Crippen molar-refractivity contribution in [2.24, 2.45) is 16.6 Å². The van der Waals surface area contributed by atoms with Crippen molar-refractivity contribution >= 4 is 11.8 Å². The number of aliphatic imine (C=N–C) groups is 1. The quantitative estimate of drug-likeness (QED) is 0.645. The number of carboxylic acid groups (broad SMARTS) is 1. The Morgan fingerprint density at radius 1 is 1.33 bits per heavy atom. The van der Waals surface area contributed by atoms with Crippen LogP contribution in [-0.4, -0.2) is 41.1 Å². The van der Waals surface area contributed by atoms with Gasteiger partial charge in [0.2, 0.25) is 0 Å². The van der Waals surface area contributed by atoms with Crippen molar-refractivity contribution in [3.05, 3.63) is 28.3 Å². The van der Waals surface area contributed by atoms with Gasteiger partial charge in [0.1, 0.15) is 17.6 Å². The highest BCUT2D eigenvalue weighted by Crippen LogP contribution is 2.36. The number of aromatic hydroxyl groups is 1. The number of nitrogens with one attached hydrogen (secondary N) is 1. The smallest absolute Gasteiger partial charge is 0.320 e. The monoisotopic (exact) mass is 377 g/mol. The van der Waals surface area contributed by atoms with Crippen molar-refractivity contribution in [3.8, 4) is 5.75 Å². The molecule has 2 rings (SSSR count). The van der Waals surface area contributed by atoms with Crippen molar-refractivity contribution in [1.29, 1.82) is 0 Å². The molecular weight excluding hydrogens is 342 g/mol. The number of aliphatic carboxylic acids is 1. The number of hydrogen-bond donors (Lipinski definition) is 4. The van der Waals surface area contributed by atoms with Crippen molar-refractivity contribution in [1.82, 2.24) is 5.32 Å². The number of nitrogens with zero attached hydrogens (tertiary/aromatic N) is 1. The second-order valence-corrected chi connectivity index (χ2v) is 8.48. The molecule has 152 valence electrons. The Bertz CT molecular complexity index is 704. The molecule has 27 heavy (non-hydrogen) atoms. The molecule has 5 N–H and O–H groups in total. The van der Waals surface area contributed by atoms with E-state index in [1.807, 2.05) is 6.92 Å². The first kappa shape index (κ1) is 23.0. The molecule has 0 amide bonds. The van der Waals surface area contributed by atoms with Gasteiger partial charge in [0, 0.05) is 13.0 Å². The van der Waals surface area contributed by atoms with Gasteiger partial charge in [-0.15, -0.1) is 0 Å². The molecule has 0 aliphatic carbocycles. The number of benzene rings is 1. The molecule has 0 fully saturated rings. The summed E-state index contributed by atoms with van der Waals surface area (Å²) in [5.74, 6) is 0.563. The average molecular weight is 378 g/mol. The SMILES string of the molecule is CC(C)[C@H](N)C(=O)O.Cc1cc(C(C)(C)C)c(O)c(C)c1CC1=NCCN1. The first-order valence-corrected chi connectivity index (χ1v) is 9.44. The van der Waals surface area contributed by atoms with Crippen LogP contribution in [0.1, 0.15) is 56.9 Å². The standard InChI is InChI=1S/C16H24N2O.C5H11NO2/c1-10-8-13(16(3,4)5)15(19)11(2)12(10)9-14-17-6-7-18-14;1-3(2)4(6)5(7)8/h8,19H,6-7,9H2,1-5H3,(H,17,18);3-4H,6H2,1-2H3,(H,7,8)/t;4-/m.0/s1. The number of amidine groups is 1. The van der Waals surface area contributed by atoms with Crippen LogP contribution in [0, 0.1) is 19.8 Å². The highest BCUT2D eigenvalue weighted by molar-refractivity contribution is 5.86. The van der Waals surface area contributed by atoms with Crippen LogP contribution in [0.25, 0.3) is 0 Å². The van der Waals surface area contributed by atoms with Gasteiger partial charge in [0.25, 0.3) is 0 Å². The summed E-state index contributed by atoms with van der Waals surface area (Å²) in [6.07, 6.45) is 0.787. The van der Waals surface area contributed by atoms with Crippen LogP contribution in [0.2, 0.25) is 0 Å². The minimum absolute atomic E-state index is 0.0208. The van der Waals surface area contributed by atoms with E-state index >= 15 is 0 Å². The largest absolute Gasteiger partial charge is 0.507 e. The van der Waals surface area contributed by atoms with Crippen molar-refractivity contribution in [2.75, 3.05) is 13.1 Å². The summed E-state index contributed by atoms with van der Waals surface area (Å²) in [5, 5.41) is 22.0. The van der Waals surface area contributed by atoms with Gasteiger partial charge in [0.15, 0.2) is 0 Å². The van der Waals surface area contributed by atoms with Crippen molar-refractivity contribution < 1.29 is 15.0 Å². The van der Waals surface area contributed by atoms with E-state index in [4.69, 9.17) is 10.8 Å². The minimum atomic E-state index is -0.931. The van der Waals surface area contributed by atoms with Gasteiger partial charge >= 0.3 is 5.97 Å². The Labute approximate surface area is 162 Å². The fourth-order valence-electron chi connectivity index (χ4n) is 2.87. The maximum absolute atomic E-state index is 10.5. The van der Waals surface area contributed by atoms with Gasteiger partial charge < -0.3 is 21.3 Å². The fourth-order valence-corrected chi connectivity index (χ4v) is 2.87. The molecular formula is C21H35N3O3. The third-order valence-electron chi connectivity index (χ3n) is 4.80. The number of hydrogen-bond acceptors (Lipinski definition) is 5. The van der Waals surface area contributed by atoms with Crippen LogP contribution < -0.4 is 11.1 Å². The molecule has 1 aliphatic rings. The van der Waals surface area contributed by atoms with E-state index in [2.05, 4.69) is 44.1 Å². The summed E-state index contributed by atoms with van der Waals surface area (Å²) in [6.45, 7) is 15.8. The lowest BCUT2D eigenvalue weighted by Gasteiger charge is -2.24. The number of nitrogens with two attached hydrogens (primary N) is 1. The maximum atomic E-state index is 10.5. The van der Waals surface area contributed by atoms with Gasteiger partial charge in [-0.2, -0.15) is 0 Å². The topological polar surface area (TPSA) is 108 Å². The number of carboxylic acids is 1. The van der Waals surface area contributed by atoms with Crippen LogP contribution in [0.4, 0.5) is 0 Å². The molecule has 6 nitrogen and oxygen atoms in total. The van der Waals surface area contributed by atoms with Gasteiger partial charge in [-0.25, -0.2) is 0 Å². The Morgan fingerprint density at radius 2 is 1.93 bits per heavy atom. The van der Waals surface area contributed by atoms with E-state index < -0.39 is 12.0 Å². The van der Waals surface area contributed by atoms with Gasteiger partial charge in [-0.3, -0.25) is 9.79 Å². The third kappa shape index (κ3) is 6.24. The molecule has 1 aliphatic heterocycles. The molecule has 1 heterocycles. The second-order valence-electron chi connectivity index (χ2n) is 8.48. The molecule has 0 unspecified atom stereocenters. The minimum Gasteiger partial charge on any atom is -0.507 e. The summed E-state index contributed by atoms with van der Waals surface area (Å²) in [7, 11) is 0. The summed E-state index contributed by atoms with van der Waals surface area (Å²) < 4.78 is 0. The molecule has 1 atom stereocenters. The van der Waals surface area contributed by atoms with E-state index in [1.54, 1.807) is 13.8 Å². The molecule has 0 radical (unpaired) electrons. The number of phenolic OH excluding ortho intramolecular Hbond substituents is 1. The number of rotatable bonds is 4. The maximum Gasteiger partial charge on any atom is 0.320 e. The van der Waals surface area contributed by atoms with E-state index in [0.717, 1.165) is 36.5 Å². The van der Waals surface area contributed by atoms with E-state index in [1.165, 1.54) is 11.1 Å². The zero-order valence-electron chi connectivity index (χ0n) is 17.7. The van der Waals surface area contributed by atoms with E-state index in [0.29, 0.717) is 5.75 Å². The lowest BCUT2D eigenvalue weighted by atomic mass is 9.82. The highest BCUT2D eigenvalue weighted by atomic mass is 16.4. The van der Waals surface area contributed by atoms with Crippen LogP contribution in [0.15, 0.2) is 11.1 Å². The lowest BCUT2D eigenvalue weighted by Crippen LogP contribution is -2.34. The zero-order valence-corrected chi connectivity index (χ0v) is 17.7. The summed E-state index contributed by atoms with van der Waals surface area (Å²) in [5.41, 5.74) is 9.55. The van der Waals surface area contributed by atoms with E-state index in [9.17, 15) is 9.90 Å². The molecule has 0 saturated heterocycles. The number of phenols is 1. The summed E-state index contributed by atoms with van der Waals surface area (Å²) >= 11 is 0. The highest BCUT2D eigenvalue weighted by Gasteiger charge is 2.22. The van der Waals surface area contributed by atoms with Crippen LogP contribution in [-0.2, 0) is 16.6 Å². The van der Waals surface area contributed by atoms with E-state index in [-0.39, 0.29) is 11.3 Å².